The van der Waals surface area contributed by atoms with Crippen molar-refractivity contribution >= 4 is 5.65 Å². The van der Waals surface area contributed by atoms with Crippen molar-refractivity contribution < 1.29 is 0 Å². The first-order valence-electron chi connectivity index (χ1n) is 4.86. The monoisotopic (exact) mass is 190 g/mol. The topological polar surface area (TPSA) is 56.2 Å². The molecule has 2 aromatic heterocycles. The molecule has 0 radical (unpaired) electrons. The van der Waals surface area contributed by atoms with Gasteiger partial charge in [-0.3, -0.25) is 0 Å². The molecule has 74 valence electrons. The number of rotatable bonds is 3. The summed E-state index contributed by atoms with van der Waals surface area (Å²) in [5.41, 5.74) is 8.74. The van der Waals surface area contributed by atoms with Gasteiger partial charge in [-0.2, -0.15) is 5.10 Å². The maximum absolute atomic E-state index is 5.50. The molecule has 0 aliphatic heterocycles. The van der Waals surface area contributed by atoms with E-state index in [4.69, 9.17) is 5.73 Å². The minimum Gasteiger partial charge on any atom is -0.330 e. The van der Waals surface area contributed by atoms with Crippen molar-refractivity contribution in [3.05, 3.63) is 29.7 Å². The zero-order valence-electron chi connectivity index (χ0n) is 8.27. The lowest BCUT2D eigenvalue weighted by atomic mass is 10.2. The van der Waals surface area contributed by atoms with Gasteiger partial charge in [0.1, 0.15) is 0 Å². The Morgan fingerprint density at radius 1 is 1.43 bits per heavy atom. The van der Waals surface area contributed by atoms with Crippen LogP contribution in [0.25, 0.3) is 5.65 Å². The molecule has 0 aliphatic rings. The fourth-order valence-electron chi connectivity index (χ4n) is 1.48. The summed E-state index contributed by atoms with van der Waals surface area (Å²) in [6, 6.07) is 0. The van der Waals surface area contributed by atoms with Gasteiger partial charge in [0.25, 0.3) is 0 Å². The molecule has 0 amide bonds. The maximum atomic E-state index is 5.50. The number of hydrogen-bond donors (Lipinski definition) is 1. The van der Waals surface area contributed by atoms with Gasteiger partial charge in [0.2, 0.25) is 0 Å². The molecule has 2 rings (SSSR count). The molecule has 2 N–H and O–H groups in total. The highest BCUT2D eigenvalue weighted by Gasteiger charge is 2.04. The molecule has 14 heavy (non-hydrogen) atoms. The SMILES string of the molecule is CCc1cnc2c(CCN)cnn2c1. The third kappa shape index (κ3) is 1.48. The van der Waals surface area contributed by atoms with Gasteiger partial charge in [0.05, 0.1) is 6.20 Å². The number of fused-ring (bicyclic) bond motifs is 1. The summed E-state index contributed by atoms with van der Waals surface area (Å²) in [5, 5.41) is 4.24. The third-order valence-electron chi connectivity index (χ3n) is 2.30. The standard InChI is InChI=1S/C10H14N4/c1-2-8-5-12-10-9(3-4-11)6-13-14(10)7-8/h5-7H,2-4,11H2,1H3. The van der Waals surface area contributed by atoms with Crippen molar-refractivity contribution in [2.75, 3.05) is 6.54 Å². The second-order valence-corrected chi connectivity index (χ2v) is 3.29. The summed E-state index contributed by atoms with van der Waals surface area (Å²) in [6.45, 7) is 2.74. The Kier molecular flexibility index (Phi) is 2.45. The van der Waals surface area contributed by atoms with Crippen LogP contribution >= 0.6 is 0 Å². The molecule has 0 saturated heterocycles. The van der Waals surface area contributed by atoms with Crippen LogP contribution in [0.5, 0.6) is 0 Å². The van der Waals surface area contributed by atoms with Crippen molar-refractivity contribution in [3.8, 4) is 0 Å². The van der Waals surface area contributed by atoms with Gasteiger partial charge in [0.15, 0.2) is 5.65 Å². The van der Waals surface area contributed by atoms with Crippen LogP contribution in [0.4, 0.5) is 0 Å². The van der Waals surface area contributed by atoms with E-state index in [0.717, 1.165) is 24.1 Å². The molecule has 0 atom stereocenters. The van der Waals surface area contributed by atoms with E-state index in [-0.39, 0.29) is 0 Å². The minimum atomic E-state index is 0.637. The number of nitrogens with two attached hydrogens (primary N) is 1. The van der Waals surface area contributed by atoms with Crippen LogP contribution in [0.15, 0.2) is 18.6 Å². The zero-order valence-corrected chi connectivity index (χ0v) is 8.27. The number of aryl methyl sites for hydroxylation is 1. The fourth-order valence-corrected chi connectivity index (χ4v) is 1.48. The van der Waals surface area contributed by atoms with E-state index in [9.17, 15) is 0 Å². The minimum absolute atomic E-state index is 0.637. The second kappa shape index (κ2) is 3.75. The van der Waals surface area contributed by atoms with E-state index in [1.54, 1.807) is 0 Å². The quantitative estimate of drug-likeness (QED) is 0.778. The molecule has 4 nitrogen and oxygen atoms in total. The molecule has 0 spiro atoms. The normalized spacial score (nSPS) is 11.0. The van der Waals surface area contributed by atoms with E-state index in [1.807, 2.05) is 23.1 Å². The number of aromatic nitrogens is 3. The van der Waals surface area contributed by atoms with Crippen molar-refractivity contribution in [2.24, 2.45) is 5.73 Å². The highest BCUT2D eigenvalue weighted by atomic mass is 15.2. The summed E-state index contributed by atoms with van der Waals surface area (Å²) in [7, 11) is 0. The molecule has 2 aromatic rings. The van der Waals surface area contributed by atoms with Crippen LogP contribution in [0.3, 0.4) is 0 Å². The molecule has 0 bridgehead atoms. The van der Waals surface area contributed by atoms with Gasteiger partial charge < -0.3 is 5.73 Å². The fraction of sp³-hybridized carbons (Fsp3) is 0.400. The van der Waals surface area contributed by atoms with Crippen LogP contribution in [0.2, 0.25) is 0 Å². The van der Waals surface area contributed by atoms with Gasteiger partial charge in [-0.1, -0.05) is 6.92 Å². The number of nitrogens with zero attached hydrogens (tertiary/aromatic N) is 3. The van der Waals surface area contributed by atoms with E-state index < -0.39 is 0 Å². The van der Waals surface area contributed by atoms with Crippen molar-refractivity contribution in [1.29, 1.82) is 0 Å². The largest absolute Gasteiger partial charge is 0.330 e. The summed E-state index contributed by atoms with van der Waals surface area (Å²) in [4.78, 5) is 4.38. The summed E-state index contributed by atoms with van der Waals surface area (Å²) >= 11 is 0. The second-order valence-electron chi connectivity index (χ2n) is 3.29. The molecular formula is C10H14N4. The number of hydrogen-bond acceptors (Lipinski definition) is 3. The molecule has 2 heterocycles. The molecular weight excluding hydrogens is 176 g/mol. The smallest absolute Gasteiger partial charge is 0.158 e. The Hall–Kier alpha value is -1.42. The highest BCUT2D eigenvalue weighted by Crippen LogP contribution is 2.09. The van der Waals surface area contributed by atoms with Crippen molar-refractivity contribution in [2.45, 2.75) is 19.8 Å². The Balaban J connectivity index is 2.48. The van der Waals surface area contributed by atoms with Crippen LogP contribution in [0.1, 0.15) is 18.1 Å². The van der Waals surface area contributed by atoms with E-state index in [1.165, 1.54) is 5.56 Å². The van der Waals surface area contributed by atoms with Gasteiger partial charge in [-0.15, -0.1) is 0 Å². The molecule has 0 aromatic carbocycles. The van der Waals surface area contributed by atoms with E-state index in [0.29, 0.717) is 6.54 Å². The van der Waals surface area contributed by atoms with E-state index >= 15 is 0 Å². The van der Waals surface area contributed by atoms with Crippen LogP contribution < -0.4 is 5.73 Å². The maximum Gasteiger partial charge on any atom is 0.158 e. The van der Waals surface area contributed by atoms with Gasteiger partial charge in [-0.25, -0.2) is 9.50 Å². The first-order valence-corrected chi connectivity index (χ1v) is 4.86. The van der Waals surface area contributed by atoms with Gasteiger partial charge in [-0.05, 0) is 24.9 Å². The van der Waals surface area contributed by atoms with Crippen LogP contribution in [-0.2, 0) is 12.8 Å². The molecule has 0 aliphatic carbocycles. The first-order chi connectivity index (χ1) is 6.85. The van der Waals surface area contributed by atoms with Gasteiger partial charge in [0, 0.05) is 18.0 Å². The summed E-state index contributed by atoms with van der Waals surface area (Å²) < 4.78 is 1.82. The third-order valence-corrected chi connectivity index (χ3v) is 2.30. The lowest BCUT2D eigenvalue weighted by molar-refractivity contribution is 0.909. The Bertz CT molecular complexity index is 433. The summed E-state index contributed by atoms with van der Waals surface area (Å²) in [6.07, 6.45) is 7.57. The first kappa shape index (κ1) is 9.15. The average Bonchev–Trinajstić information content (AvgIpc) is 2.61. The molecule has 0 fully saturated rings. The van der Waals surface area contributed by atoms with Gasteiger partial charge >= 0.3 is 0 Å². The highest BCUT2D eigenvalue weighted by molar-refractivity contribution is 5.46. The predicted molar refractivity (Wildman–Crippen MR) is 55.1 cm³/mol. The molecule has 0 unspecified atom stereocenters. The Morgan fingerprint density at radius 3 is 3.00 bits per heavy atom. The lowest BCUT2D eigenvalue weighted by Gasteiger charge is -1.98. The zero-order chi connectivity index (χ0) is 9.97. The van der Waals surface area contributed by atoms with Crippen LogP contribution in [-0.4, -0.2) is 21.1 Å². The van der Waals surface area contributed by atoms with Crippen molar-refractivity contribution in [1.82, 2.24) is 14.6 Å². The average molecular weight is 190 g/mol. The Labute approximate surface area is 82.8 Å². The predicted octanol–water partition coefficient (Wildman–Crippen LogP) is 0.793. The van der Waals surface area contributed by atoms with Crippen molar-refractivity contribution in [3.63, 3.8) is 0 Å². The van der Waals surface area contributed by atoms with E-state index in [2.05, 4.69) is 17.0 Å². The molecule has 0 saturated carbocycles. The molecule has 4 heteroatoms. The van der Waals surface area contributed by atoms with Crippen LogP contribution in [0, 0.1) is 0 Å². The lowest BCUT2D eigenvalue weighted by Crippen LogP contribution is -2.03. The summed E-state index contributed by atoms with van der Waals surface area (Å²) in [5.74, 6) is 0. The Morgan fingerprint density at radius 2 is 2.29 bits per heavy atom.